The van der Waals surface area contributed by atoms with E-state index in [1.54, 1.807) is 30.6 Å². The molecule has 0 bridgehead atoms. The molecule has 12 heteroatoms. The summed E-state index contributed by atoms with van der Waals surface area (Å²) in [6.45, 7) is 9.21. The highest BCUT2D eigenvalue weighted by atomic mass is 16.5. The highest BCUT2D eigenvalue weighted by Gasteiger charge is 2.18. The number of hydrogen-bond acceptors (Lipinski definition) is 8. The van der Waals surface area contributed by atoms with Crippen LogP contribution in [0.3, 0.4) is 0 Å². The number of nitrogens with one attached hydrogen (secondary N) is 4. The van der Waals surface area contributed by atoms with Crippen molar-refractivity contribution in [1.29, 1.82) is 0 Å². The molecule has 0 spiro atoms. The Morgan fingerprint density at radius 1 is 0.953 bits per heavy atom. The molecule has 0 saturated carbocycles. The van der Waals surface area contributed by atoms with Crippen LogP contribution in [0.4, 0.5) is 26.9 Å². The minimum absolute atomic E-state index is 0.278. The molecular weight excluding hydrogens is 546 g/mol. The number of ether oxygens (including phenoxy) is 1. The van der Waals surface area contributed by atoms with Gasteiger partial charge in [0.15, 0.2) is 0 Å². The summed E-state index contributed by atoms with van der Waals surface area (Å²) in [6.07, 6.45) is 4.29. The number of nitrogens with zero attached hydrogens (tertiary/aromatic N) is 5. The zero-order valence-electron chi connectivity index (χ0n) is 24.5. The van der Waals surface area contributed by atoms with E-state index < -0.39 is 0 Å². The Kier molecular flexibility index (Phi) is 9.93. The Bertz CT molecular complexity index is 1530. The first kappa shape index (κ1) is 29.7. The fourth-order valence-electron chi connectivity index (χ4n) is 4.77. The topological polar surface area (TPSA) is 138 Å². The third kappa shape index (κ3) is 7.93. The SMILES string of the molecule is CCNC(=O)Nc1ccc(-c2nn(C(=O)NCC)cc2-c2ccnc(Nc3cccc(CCN4CCOCC4)c3)n2)cc1. The van der Waals surface area contributed by atoms with E-state index >= 15 is 0 Å². The average molecular weight is 584 g/mol. The van der Waals surface area contributed by atoms with Crippen LogP contribution in [0, 0.1) is 0 Å². The maximum Gasteiger partial charge on any atom is 0.342 e. The van der Waals surface area contributed by atoms with Gasteiger partial charge in [-0.25, -0.2) is 19.6 Å². The van der Waals surface area contributed by atoms with Crippen LogP contribution in [0.25, 0.3) is 22.5 Å². The van der Waals surface area contributed by atoms with Crippen LogP contribution in [0.5, 0.6) is 0 Å². The summed E-state index contributed by atoms with van der Waals surface area (Å²) in [4.78, 5) is 36.2. The Hall–Kier alpha value is -4.81. The molecule has 2 aromatic carbocycles. The van der Waals surface area contributed by atoms with Gasteiger partial charge in [-0.15, -0.1) is 0 Å². The van der Waals surface area contributed by atoms with Gasteiger partial charge in [0.05, 0.1) is 18.9 Å². The number of carbonyl (C=O) groups is 2. The first-order valence-corrected chi connectivity index (χ1v) is 14.5. The Balaban J connectivity index is 1.37. The molecule has 1 aliphatic heterocycles. The van der Waals surface area contributed by atoms with Crippen molar-refractivity contribution in [2.24, 2.45) is 0 Å². The normalized spacial score (nSPS) is 13.3. The first-order chi connectivity index (χ1) is 21.0. The summed E-state index contributed by atoms with van der Waals surface area (Å²) in [6, 6.07) is 16.7. The third-order valence-corrected chi connectivity index (χ3v) is 6.94. The molecule has 2 aromatic heterocycles. The van der Waals surface area contributed by atoms with Crippen molar-refractivity contribution in [3.8, 4) is 22.5 Å². The van der Waals surface area contributed by atoms with E-state index in [1.165, 1.54) is 10.2 Å². The predicted molar refractivity (Wildman–Crippen MR) is 167 cm³/mol. The Labute approximate surface area is 250 Å². The second-order valence-corrected chi connectivity index (χ2v) is 10.0. The minimum atomic E-state index is -0.342. The van der Waals surface area contributed by atoms with E-state index in [9.17, 15) is 9.59 Å². The van der Waals surface area contributed by atoms with Gasteiger partial charge in [-0.2, -0.15) is 9.78 Å². The highest BCUT2D eigenvalue weighted by molar-refractivity contribution is 5.90. The van der Waals surface area contributed by atoms with Gasteiger partial charge in [-0.05, 0) is 56.2 Å². The number of morpholine rings is 1. The van der Waals surface area contributed by atoms with E-state index in [0.717, 1.165) is 50.5 Å². The number of carbonyl (C=O) groups excluding carboxylic acids is 2. The molecule has 12 nitrogen and oxygen atoms in total. The van der Waals surface area contributed by atoms with Crippen molar-refractivity contribution < 1.29 is 14.3 Å². The fourth-order valence-corrected chi connectivity index (χ4v) is 4.77. The van der Waals surface area contributed by atoms with Crippen LogP contribution in [0.15, 0.2) is 67.0 Å². The van der Waals surface area contributed by atoms with Crippen molar-refractivity contribution >= 4 is 29.4 Å². The van der Waals surface area contributed by atoms with Crippen LogP contribution in [-0.2, 0) is 11.2 Å². The van der Waals surface area contributed by atoms with E-state index in [0.29, 0.717) is 41.7 Å². The van der Waals surface area contributed by atoms with Crippen LogP contribution < -0.4 is 21.3 Å². The van der Waals surface area contributed by atoms with E-state index in [-0.39, 0.29) is 12.1 Å². The fraction of sp³-hybridized carbons (Fsp3) is 0.323. The number of urea groups is 1. The molecule has 1 saturated heterocycles. The lowest BCUT2D eigenvalue weighted by Crippen LogP contribution is -2.37. The molecule has 224 valence electrons. The average Bonchev–Trinajstić information content (AvgIpc) is 3.48. The summed E-state index contributed by atoms with van der Waals surface area (Å²) in [5.41, 5.74) is 5.37. The van der Waals surface area contributed by atoms with Crippen LogP contribution in [0.1, 0.15) is 19.4 Å². The Morgan fingerprint density at radius 2 is 1.74 bits per heavy atom. The molecular formula is C31H37N9O3. The van der Waals surface area contributed by atoms with E-state index in [1.807, 2.05) is 38.1 Å². The molecule has 1 fully saturated rings. The summed E-state index contributed by atoms with van der Waals surface area (Å²) in [5.74, 6) is 0.432. The largest absolute Gasteiger partial charge is 0.379 e. The lowest BCUT2D eigenvalue weighted by atomic mass is 10.1. The number of anilines is 3. The van der Waals surface area contributed by atoms with Gasteiger partial charge in [0.2, 0.25) is 5.95 Å². The maximum atomic E-state index is 12.7. The van der Waals surface area contributed by atoms with Gasteiger partial charge in [0, 0.05) is 67.6 Å². The van der Waals surface area contributed by atoms with Crippen molar-refractivity contribution in [2.75, 3.05) is 56.6 Å². The molecule has 0 aliphatic carbocycles. The van der Waals surface area contributed by atoms with Gasteiger partial charge in [0.1, 0.15) is 5.69 Å². The van der Waals surface area contributed by atoms with Crippen LogP contribution >= 0.6 is 0 Å². The van der Waals surface area contributed by atoms with Crippen LogP contribution in [-0.4, -0.2) is 82.6 Å². The van der Waals surface area contributed by atoms with Crippen molar-refractivity contribution in [2.45, 2.75) is 20.3 Å². The smallest absolute Gasteiger partial charge is 0.342 e. The summed E-state index contributed by atoms with van der Waals surface area (Å²) in [5, 5.41) is 16.2. The maximum absolute atomic E-state index is 12.7. The zero-order valence-corrected chi connectivity index (χ0v) is 24.5. The molecule has 0 unspecified atom stereocenters. The summed E-state index contributed by atoms with van der Waals surface area (Å²) >= 11 is 0. The van der Waals surface area contributed by atoms with E-state index in [2.05, 4.69) is 48.4 Å². The predicted octanol–water partition coefficient (Wildman–Crippen LogP) is 4.34. The quantitative estimate of drug-likeness (QED) is 0.216. The number of benzene rings is 2. The molecule has 3 amide bonds. The monoisotopic (exact) mass is 583 g/mol. The first-order valence-electron chi connectivity index (χ1n) is 14.5. The number of aromatic nitrogens is 4. The van der Waals surface area contributed by atoms with Gasteiger partial charge >= 0.3 is 12.1 Å². The number of amides is 3. The van der Waals surface area contributed by atoms with Gasteiger partial charge in [0.25, 0.3) is 0 Å². The minimum Gasteiger partial charge on any atom is -0.379 e. The summed E-state index contributed by atoms with van der Waals surface area (Å²) < 4.78 is 6.73. The molecule has 5 rings (SSSR count). The lowest BCUT2D eigenvalue weighted by Gasteiger charge is -2.26. The highest BCUT2D eigenvalue weighted by Crippen LogP contribution is 2.31. The molecule has 4 N–H and O–H groups in total. The third-order valence-electron chi connectivity index (χ3n) is 6.94. The van der Waals surface area contributed by atoms with Crippen molar-refractivity contribution in [1.82, 2.24) is 35.3 Å². The molecule has 1 aliphatic rings. The second-order valence-electron chi connectivity index (χ2n) is 10.0. The molecule has 0 radical (unpaired) electrons. The summed E-state index contributed by atoms with van der Waals surface area (Å²) in [7, 11) is 0. The van der Waals surface area contributed by atoms with Gasteiger partial charge < -0.3 is 26.0 Å². The molecule has 4 aromatic rings. The molecule has 43 heavy (non-hydrogen) atoms. The Morgan fingerprint density at radius 3 is 2.51 bits per heavy atom. The van der Waals surface area contributed by atoms with Gasteiger partial charge in [-0.1, -0.05) is 24.3 Å². The lowest BCUT2D eigenvalue weighted by molar-refractivity contribution is 0.0384. The standard InChI is InChI=1S/C31H37N9O3/c1-3-32-30(41)36-24-10-8-23(9-11-24)28-26(21-40(38-28)31(42)33-4-2)27-12-14-34-29(37-27)35-25-7-5-6-22(20-25)13-15-39-16-18-43-19-17-39/h5-12,14,20-21H,3-4,13,15-19H2,1-2H3,(H,33,42)(H2,32,36,41)(H,34,35,37). The number of rotatable bonds is 10. The second kappa shape index (κ2) is 14.4. The van der Waals surface area contributed by atoms with E-state index in [4.69, 9.17) is 9.72 Å². The number of hydrogen-bond donors (Lipinski definition) is 4. The van der Waals surface area contributed by atoms with Crippen molar-refractivity contribution in [3.63, 3.8) is 0 Å². The molecule has 0 atom stereocenters. The van der Waals surface area contributed by atoms with Crippen LogP contribution in [0.2, 0.25) is 0 Å². The molecule has 3 heterocycles. The van der Waals surface area contributed by atoms with Crippen molar-refractivity contribution in [3.05, 3.63) is 72.6 Å². The van der Waals surface area contributed by atoms with Gasteiger partial charge in [-0.3, -0.25) is 4.90 Å². The zero-order chi connectivity index (χ0) is 30.0.